The van der Waals surface area contributed by atoms with Crippen molar-refractivity contribution in [2.45, 2.75) is 25.1 Å². The van der Waals surface area contributed by atoms with Crippen molar-refractivity contribution in [1.29, 1.82) is 0 Å². The van der Waals surface area contributed by atoms with E-state index in [9.17, 15) is 22.8 Å². The van der Waals surface area contributed by atoms with Crippen molar-refractivity contribution in [1.82, 2.24) is 0 Å². The number of carboxylic acid groups (broad SMARTS) is 1. The molecule has 0 radical (unpaired) electrons. The first-order valence-electron chi connectivity index (χ1n) is 5.35. The van der Waals surface area contributed by atoms with Gasteiger partial charge in [-0.3, -0.25) is 9.59 Å². The Kier molecular flexibility index (Phi) is 4.99. The van der Waals surface area contributed by atoms with Crippen LogP contribution in [0.25, 0.3) is 0 Å². The maximum atomic E-state index is 12.3. The van der Waals surface area contributed by atoms with Crippen molar-refractivity contribution in [3.63, 3.8) is 0 Å². The Balaban J connectivity index is 3.35. The molecule has 0 heterocycles. The second kappa shape index (κ2) is 6.13. The number of ketones is 1. The highest BCUT2D eigenvalue weighted by molar-refractivity contribution is 6.31. The quantitative estimate of drug-likeness (QED) is 0.849. The van der Waals surface area contributed by atoms with Crippen LogP contribution in [-0.4, -0.2) is 23.2 Å². The summed E-state index contributed by atoms with van der Waals surface area (Å²) in [4.78, 5) is 22.0. The monoisotopic (exact) mass is 310 g/mol. The van der Waals surface area contributed by atoms with Crippen LogP contribution in [0.3, 0.4) is 0 Å². The molecule has 0 aliphatic heterocycles. The van der Waals surface area contributed by atoms with Crippen LogP contribution in [0.1, 0.15) is 23.4 Å². The topological polar surface area (TPSA) is 63.6 Å². The molecular weight excluding hydrogens is 301 g/mol. The first-order chi connectivity index (χ1) is 9.11. The molecular formula is C12H10ClF3O4. The highest BCUT2D eigenvalue weighted by Gasteiger charge is 2.34. The van der Waals surface area contributed by atoms with Crippen LogP contribution >= 0.6 is 11.6 Å². The number of carbonyl (C=O) groups excluding carboxylic acids is 1. The molecule has 1 rings (SSSR count). The Morgan fingerprint density at radius 2 is 2.00 bits per heavy atom. The highest BCUT2D eigenvalue weighted by atomic mass is 35.5. The highest BCUT2D eigenvalue weighted by Crippen LogP contribution is 2.36. The maximum absolute atomic E-state index is 12.3. The van der Waals surface area contributed by atoms with Gasteiger partial charge >= 0.3 is 12.3 Å². The second-order valence-corrected chi connectivity index (χ2v) is 4.36. The standard InChI is InChI=1S/C12H10ClF3O4/c1-6(17)11(13)10-7(5-9(18)19)3-2-4-8(10)20-12(14,15)16/h2-4,11H,5H2,1H3,(H,18,19). The summed E-state index contributed by atoms with van der Waals surface area (Å²) in [5, 5.41) is 7.33. The molecule has 1 atom stereocenters. The van der Waals surface area contributed by atoms with E-state index in [1.54, 1.807) is 0 Å². The van der Waals surface area contributed by atoms with Gasteiger partial charge < -0.3 is 9.84 Å². The van der Waals surface area contributed by atoms with E-state index in [-0.39, 0.29) is 11.1 Å². The fourth-order valence-corrected chi connectivity index (χ4v) is 1.86. The molecule has 0 saturated carbocycles. The minimum atomic E-state index is -4.97. The number of carbonyl (C=O) groups is 2. The van der Waals surface area contributed by atoms with Gasteiger partial charge in [0.2, 0.25) is 0 Å². The SMILES string of the molecule is CC(=O)C(Cl)c1c(CC(=O)O)cccc1OC(F)(F)F. The summed E-state index contributed by atoms with van der Waals surface area (Å²) in [6.45, 7) is 1.09. The zero-order valence-corrected chi connectivity index (χ0v) is 11.0. The number of hydrogen-bond acceptors (Lipinski definition) is 3. The summed E-state index contributed by atoms with van der Waals surface area (Å²) in [5.74, 6) is -2.55. The Morgan fingerprint density at radius 1 is 1.40 bits per heavy atom. The van der Waals surface area contributed by atoms with Gasteiger partial charge in [-0.05, 0) is 18.6 Å². The maximum Gasteiger partial charge on any atom is 0.573 e. The normalized spacial score (nSPS) is 12.8. The summed E-state index contributed by atoms with van der Waals surface area (Å²) in [5.41, 5.74) is -0.282. The summed E-state index contributed by atoms with van der Waals surface area (Å²) in [7, 11) is 0. The van der Waals surface area contributed by atoms with Gasteiger partial charge in [-0.2, -0.15) is 0 Å². The molecule has 0 aliphatic carbocycles. The third-order valence-electron chi connectivity index (χ3n) is 2.33. The van der Waals surface area contributed by atoms with Crippen LogP contribution in [0, 0.1) is 0 Å². The number of carboxylic acids is 1. The van der Waals surface area contributed by atoms with Gasteiger partial charge in [0, 0.05) is 5.56 Å². The van der Waals surface area contributed by atoms with E-state index in [2.05, 4.69) is 4.74 Å². The molecule has 0 aromatic heterocycles. The molecule has 20 heavy (non-hydrogen) atoms. The minimum Gasteiger partial charge on any atom is -0.481 e. The van der Waals surface area contributed by atoms with Gasteiger partial charge in [0.05, 0.1) is 6.42 Å². The number of halogens is 4. The molecule has 8 heteroatoms. The molecule has 0 spiro atoms. The average molecular weight is 311 g/mol. The number of rotatable bonds is 5. The van der Waals surface area contributed by atoms with E-state index in [0.717, 1.165) is 13.0 Å². The fraction of sp³-hybridized carbons (Fsp3) is 0.333. The zero-order valence-electron chi connectivity index (χ0n) is 10.2. The second-order valence-electron chi connectivity index (χ2n) is 3.92. The van der Waals surface area contributed by atoms with Gasteiger partial charge in [0.1, 0.15) is 11.1 Å². The van der Waals surface area contributed by atoms with Crippen molar-refractivity contribution in [3.05, 3.63) is 29.3 Å². The number of ether oxygens (including phenoxy) is 1. The van der Waals surface area contributed by atoms with Crippen molar-refractivity contribution < 1.29 is 32.6 Å². The predicted molar refractivity (Wildman–Crippen MR) is 63.7 cm³/mol. The zero-order chi connectivity index (χ0) is 15.5. The van der Waals surface area contributed by atoms with Crippen molar-refractivity contribution in [2.75, 3.05) is 0 Å². The largest absolute Gasteiger partial charge is 0.573 e. The predicted octanol–water partition coefficient (Wildman–Crippen LogP) is 3.08. The van der Waals surface area contributed by atoms with E-state index in [4.69, 9.17) is 16.7 Å². The Bertz CT molecular complexity index is 528. The average Bonchev–Trinajstić information content (AvgIpc) is 2.25. The lowest BCUT2D eigenvalue weighted by molar-refractivity contribution is -0.274. The molecule has 4 nitrogen and oxygen atoms in total. The molecule has 0 fully saturated rings. The molecule has 0 bridgehead atoms. The van der Waals surface area contributed by atoms with E-state index < -0.39 is 35.7 Å². The van der Waals surface area contributed by atoms with Crippen LogP contribution in [0.15, 0.2) is 18.2 Å². The Labute approximate surface area is 117 Å². The number of benzene rings is 1. The molecule has 0 aliphatic rings. The van der Waals surface area contributed by atoms with Gasteiger partial charge in [-0.1, -0.05) is 12.1 Å². The first kappa shape index (κ1) is 16.3. The minimum absolute atomic E-state index is 0.00514. The third kappa shape index (κ3) is 4.41. The summed E-state index contributed by atoms with van der Waals surface area (Å²) in [6.07, 6.45) is -5.54. The van der Waals surface area contributed by atoms with E-state index >= 15 is 0 Å². The van der Waals surface area contributed by atoms with Crippen molar-refractivity contribution in [2.24, 2.45) is 0 Å². The molecule has 1 unspecified atom stereocenters. The number of hydrogen-bond donors (Lipinski definition) is 1. The molecule has 1 aromatic carbocycles. The number of alkyl halides is 4. The van der Waals surface area contributed by atoms with Crippen LogP contribution in [-0.2, 0) is 16.0 Å². The van der Waals surface area contributed by atoms with Crippen molar-refractivity contribution in [3.8, 4) is 5.75 Å². The molecule has 0 amide bonds. The van der Waals surface area contributed by atoms with Crippen LogP contribution in [0.5, 0.6) is 5.75 Å². The molecule has 110 valence electrons. The van der Waals surface area contributed by atoms with E-state index in [0.29, 0.717) is 0 Å². The van der Waals surface area contributed by atoms with Gasteiger partial charge in [0.25, 0.3) is 0 Å². The lowest BCUT2D eigenvalue weighted by Gasteiger charge is -2.18. The molecule has 1 N–H and O–H groups in total. The Hall–Kier alpha value is -1.76. The van der Waals surface area contributed by atoms with Crippen molar-refractivity contribution >= 4 is 23.4 Å². The summed E-state index contributed by atoms with van der Waals surface area (Å²) < 4.78 is 40.7. The van der Waals surface area contributed by atoms with E-state index in [1.807, 2.05) is 0 Å². The van der Waals surface area contributed by atoms with Crippen LogP contribution in [0.2, 0.25) is 0 Å². The van der Waals surface area contributed by atoms with Gasteiger partial charge in [-0.15, -0.1) is 24.8 Å². The smallest absolute Gasteiger partial charge is 0.481 e. The molecule has 0 saturated heterocycles. The first-order valence-corrected chi connectivity index (χ1v) is 5.79. The van der Waals surface area contributed by atoms with E-state index in [1.165, 1.54) is 12.1 Å². The molecule has 1 aromatic rings. The van der Waals surface area contributed by atoms with Crippen LogP contribution < -0.4 is 4.74 Å². The lowest BCUT2D eigenvalue weighted by atomic mass is 9.98. The fourth-order valence-electron chi connectivity index (χ4n) is 1.61. The lowest BCUT2D eigenvalue weighted by Crippen LogP contribution is -2.20. The van der Waals surface area contributed by atoms with Crippen LogP contribution in [0.4, 0.5) is 13.2 Å². The van der Waals surface area contributed by atoms with Gasteiger partial charge in [-0.25, -0.2) is 0 Å². The summed E-state index contributed by atoms with van der Waals surface area (Å²) >= 11 is 5.77. The number of aliphatic carboxylic acids is 1. The summed E-state index contributed by atoms with van der Waals surface area (Å²) in [6, 6.07) is 3.46. The Morgan fingerprint density at radius 3 is 2.45 bits per heavy atom. The third-order valence-corrected chi connectivity index (χ3v) is 2.86. The van der Waals surface area contributed by atoms with Gasteiger partial charge in [0.15, 0.2) is 5.78 Å². The number of Topliss-reactive ketones (excluding diaryl/α,β-unsaturated/α-hetero) is 1.